The zero-order valence-electron chi connectivity index (χ0n) is 10.9. The molecule has 0 atom stereocenters. The number of ether oxygens (including phenoxy) is 1. The van der Waals surface area contributed by atoms with Crippen LogP contribution in [0.1, 0.15) is 41.9 Å². The van der Waals surface area contributed by atoms with Crippen LogP contribution in [0, 0.1) is 6.92 Å². The lowest BCUT2D eigenvalue weighted by atomic mass is 10.2. The van der Waals surface area contributed by atoms with Crippen LogP contribution >= 0.6 is 0 Å². The molecule has 2 rings (SSSR count). The summed E-state index contributed by atoms with van der Waals surface area (Å²) in [7, 11) is 1.52. The van der Waals surface area contributed by atoms with Crippen molar-refractivity contribution in [1.29, 1.82) is 0 Å². The number of methoxy groups -OCH3 is 1. The lowest BCUT2D eigenvalue weighted by molar-refractivity contribution is 0.0993. The topological polar surface area (TPSA) is 57.3 Å². The smallest absolute Gasteiger partial charge is 0.249 e. The summed E-state index contributed by atoms with van der Waals surface area (Å²) < 4.78 is 12.2. The quantitative estimate of drug-likeness (QED) is 0.780. The van der Waals surface area contributed by atoms with Crippen molar-refractivity contribution in [3.8, 4) is 5.75 Å². The first-order chi connectivity index (χ1) is 8.54. The summed E-state index contributed by atoms with van der Waals surface area (Å²) in [4.78, 5) is 12.4. The molecule has 18 heavy (non-hydrogen) atoms. The second-order valence-corrected chi connectivity index (χ2v) is 4.34. The molecule has 2 heterocycles. The summed E-state index contributed by atoms with van der Waals surface area (Å²) in [5.74, 6) is 1.25. The fourth-order valence-electron chi connectivity index (χ4n) is 1.78. The van der Waals surface area contributed by atoms with E-state index in [2.05, 4.69) is 5.10 Å². The summed E-state index contributed by atoms with van der Waals surface area (Å²) in [5, 5.41) is 4.17. The predicted molar refractivity (Wildman–Crippen MR) is 66.0 cm³/mol. The first kappa shape index (κ1) is 12.4. The zero-order valence-corrected chi connectivity index (χ0v) is 10.9. The molecule has 0 N–H and O–H groups in total. The predicted octanol–water partition coefficient (Wildman–Crippen LogP) is 2.61. The summed E-state index contributed by atoms with van der Waals surface area (Å²) >= 11 is 0. The van der Waals surface area contributed by atoms with Crippen molar-refractivity contribution in [3.63, 3.8) is 0 Å². The van der Waals surface area contributed by atoms with Gasteiger partial charge in [0.05, 0.1) is 13.3 Å². The Morgan fingerprint density at radius 3 is 2.67 bits per heavy atom. The number of hydrogen-bond acceptors (Lipinski definition) is 4. The Labute approximate surface area is 105 Å². The molecule has 5 nitrogen and oxygen atoms in total. The van der Waals surface area contributed by atoms with Gasteiger partial charge in [-0.15, -0.1) is 0 Å². The van der Waals surface area contributed by atoms with Crippen LogP contribution in [0.3, 0.4) is 0 Å². The number of ketones is 1. The van der Waals surface area contributed by atoms with Crippen molar-refractivity contribution in [1.82, 2.24) is 9.78 Å². The number of carbonyl (C=O) groups is 1. The first-order valence-electron chi connectivity index (χ1n) is 5.77. The average molecular weight is 248 g/mol. The highest BCUT2D eigenvalue weighted by Gasteiger charge is 2.24. The van der Waals surface area contributed by atoms with Gasteiger partial charge in [0.2, 0.25) is 5.78 Å². The van der Waals surface area contributed by atoms with Gasteiger partial charge in [-0.2, -0.15) is 5.10 Å². The Kier molecular flexibility index (Phi) is 3.23. The van der Waals surface area contributed by atoms with Crippen molar-refractivity contribution in [2.24, 2.45) is 0 Å². The summed E-state index contributed by atoms with van der Waals surface area (Å²) in [6, 6.07) is 3.49. The Morgan fingerprint density at radius 1 is 1.44 bits per heavy atom. The molecule has 2 aromatic heterocycles. The monoisotopic (exact) mass is 248 g/mol. The lowest BCUT2D eigenvalue weighted by Gasteiger charge is -2.10. The van der Waals surface area contributed by atoms with E-state index in [1.807, 2.05) is 13.8 Å². The molecule has 0 spiro atoms. The lowest BCUT2D eigenvalue weighted by Crippen LogP contribution is -2.13. The standard InChI is InChI=1S/C13H16N2O3/c1-8(2)15-12(11(17-4)7-14-15)13(16)10-6-5-9(3)18-10/h5-8H,1-4H3. The summed E-state index contributed by atoms with van der Waals surface area (Å²) in [6.45, 7) is 5.71. The first-order valence-corrected chi connectivity index (χ1v) is 5.77. The van der Waals surface area contributed by atoms with Gasteiger partial charge >= 0.3 is 0 Å². The van der Waals surface area contributed by atoms with Gasteiger partial charge in [0.25, 0.3) is 0 Å². The van der Waals surface area contributed by atoms with E-state index >= 15 is 0 Å². The van der Waals surface area contributed by atoms with Crippen molar-refractivity contribution in [3.05, 3.63) is 35.5 Å². The normalized spacial score (nSPS) is 10.9. The molecular weight excluding hydrogens is 232 g/mol. The fourth-order valence-corrected chi connectivity index (χ4v) is 1.78. The van der Waals surface area contributed by atoms with Crippen molar-refractivity contribution >= 4 is 5.78 Å². The SMILES string of the molecule is COc1cnn(C(C)C)c1C(=O)c1ccc(C)o1. The number of aryl methyl sites for hydroxylation is 1. The molecule has 0 aliphatic carbocycles. The fraction of sp³-hybridized carbons (Fsp3) is 0.385. The highest BCUT2D eigenvalue weighted by Crippen LogP contribution is 2.24. The van der Waals surface area contributed by atoms with Crippen LogP contribution in [0.15, 0.2) is 22.7 Å². The molecule has 0 unspecified atom stereocenters. The molecule has 0 saturated heterocycles. The van der Waals surface area contributed by atoms with Gasteiger partial charge in [-0.3, -0.25) is 9.48 Å². The van der Waals surface area contributed by atoms with Crippen molar-refractivity contribution in [2.75, 3.05) is 7.11 Å². The van der Waals surface area contributed by atoms with E-state index in [4.69, 9.17) is 9.15 Å². The number of rotatable bonds is 4. The third-order valence-corrected chi connectivity index (χ3v) is 2.65. The largest absolute Gasteiger partial charge is 0.493 e. The molecule has 5 heteroatoms. The third-order valence-electron chi connectivity index (χ3n) is 2.65. The van der Waals surface area contributed by atoms with Crippen LogP contribution in [0.4, 0.5) is 0 Å². The van der Waals surface area contributed by atoms with E-state index in [1.54, 1.807) is 29.9 Å². The van der Waals surface area contributed by atoms with Crippen LogP contribution in [0.5, 0.6) is 5.75 Å². The van der Waals surface area contributed by atoms with Gasteiger partial charge in [0, 0.05) is 6.04 Å². The van der Waals surface area contributed by atoms with Gasteiger partial charge in [0.15, 0.2) is 17.2 Å². The number of hydrogen-bond donors (Lipinski definition) is 0. The van der Waals surface area contributed by atoms with Crippen LogP contribution < -0.4 is 4.74 Å². The Hall–Kier alpha value is -2.04. The highest BCUT2D eigenvalue weighted by molar-refractivity contribution is 6.07. The van der Waals surface area contributed by atoms with Crippen LogP contribution in [-0.2, 0) is 0 Å². The Morgan fingerprint density at radius 2 is 2.17 bits per heavy atom. The second-order valence-electron chi connectivity index (χ2n) is 4.34. The van der Waals surface area contributed by atoms with Gasteiger partial charge in [-0.25, -0.2) is 0 Å². The molecule has 0 radical (unpaired) electrons. The van der Waals surface area contributed by atoms with E-state index in [0.29, 0.717) is 23.0 Å². The van der Waals surface area contributed by atoms with Crippen LogP contribution in [-0.4, -0.2) is 22.7 Å². The molecule has 0 saturated carbocycles. The second kappa shape index (κ2) is 4.68. The molecule has 0 fully saturated rings. The van der Waals surface area contributed by atoms with E-state index in [-0.39, 0.29) is 11.8 Å². The van der Waals surface area contributed by atoms with Crippen LogP contribution in [0.2, 0.25) is 0 Å². The number of aromatic nitrogens is 2. The van der Waals surface area contributed by atoms with E-state index in [9.17, 15) is 4.79 Å². The van der Waals surface area contributed by atoms with Crippen molar-refractivity contribution in [2.45, 2.75) is 26.8 Å². The molecule has 96 valence electrons. The average Bonchev–Trinajstić information content (AvgIpc) is 2.93. The minimum absolute atomic E-state index is 0.0731. The number of carbonyl (C=O) groups excluding carboxylic acids is 1. The van der Waals surface area contributed by atoms with E-state index in [1.165, 1.54) is 7.11 Å². The van der Waals surface area contributed by atoms with Gasteiger partial charge in [0.1, 0.15) is 5.76 Å². The molecule has 0 aliphatic heterocycles. The highest BCUT2D eigenvalue weighted by atomic mass is 16.5. The minimum Gasteiger partial charge on any atom is -0.493 e. The molecule has 0 bridgehead atoms. The maximum Gasteiger partial charge on any atom is 0.249 e. The zero-order chi connectivity index (χ0) is 13.3. The molecule has 2 aromatic rings. The maximum absolute atomic E-state index is 12.4. The van der Waals surface area contributed by atoms with Crippen molar-refractivity contribution < 1.29 is 13.9 Å². The van der Waals surface area contributed by atoms with Gasteiger partial charge < -0.3 is 9.15 Å². The summed E-state index contributed by atoms with van der Waals surface area (Å²) in [5.41, 5.74) is 0.418. The Bertz CT molecular complexity index is 567. The maximum atomic E-state index is 12.4. The van der Waals surface area contributed by atoms with Gasteiger partial charge in [-0.1, -0.05) is 0 Å². The molecule has 0 amide bonds. The number of nitrogens with zero attached hydrogens (tertiary/aromatic N) is 2. The third kappa shape index (κ3) is 2.03. The molecular formula is C13H16N2O3. The van der Waals surface area contributed by atoms with E-state index < -0.39 is 0 Å². The Balaban J connectivity index is 2.49. The van der Waals surface area contributed by atoms with Crippen LogP contribution in [0.25, 0.3) is 0 Å². The minimum atomic E-state index is -0.217. The van der Waals surface area contributed by atoms with Gasteiger partial charge in [-0.05, 0) is 32.9 Å². The summed E-state index contributed by atoms with van der Waals surface area (Å²) in [6.07, 6.45) is 1.54. The molecule has 0 aliphatic rings. The number of furan rings is 1. The molecule has 0 aromatic carbocycles. The van der Waals surface area contributed by atoms with E-state index in [0.717, 1.165) is 0 Å².